The van der Waals surface area contributed by atoms with Crippen molar-refractivity contribution < 1.29 is 13.6 Å². The number of nitrogens with zero attached hydrogens (tertiary/aromatic N) is 2. The van der Waals surface area contributed by atoms with Crippen LogP contribution in [0.5, 0.6) is 0 Å². The van der Waals surface area contributed by atoms with Crippen LogP contribution in [0, 0.1) is 11.6 Å². The fourth-order valence-corrected chi connectivity index (χ4v) is 3.57. The molecular formula is C19H20F2N4O. The van der Waals surface area contributed by atoms with Gasteiger partial charge in [0.05, 0.1) is 0 Å². The second-order valence-corrected chi connectivity index (χ2v) is 6.99. The molecular weight excluding hydrogens is 338 g/mol. The lowest BCUT2D eigenvalue weighted by atomic mass is 9.76. The Kier molecular flexibility index (Phi) is 4.39. The number of rotatable bonds is 1. The van der Waals surface area contributed by atoms with E-state index in [0.717, 1.165) is 0 Å². The maximum atomic E-state index is 14.6. The zero-order valence-electron chi connectivity index (χ0n) is 14.6. The molecule has 0 unspecified atom stereocenters. The highest BCUT2D eigenvalue weighted by molar-refractivity contribution is 5.91. The standard InChI is InChI=1S/C19H20F2N4O/c1-19(2)10-25(18(26)24-17(22)23)9-13-11(7-8-15(21)16(13)19)12-5-3-4-6-14(12)20/h3-8H,9-10H2,1-2H3,(H4,22,23,24,26). The lowest BCUT2D eigenvalue weighted by Crippen LogP contribution is -2.45. The maximum absolute atomic E-state index is 14.6. The zero-order chi connectivity index (χ0) is 19.1. The van der Waals surface area contributed by atoms with Crippen LogP contribution >= 0.6 is 0 Å². The Bertz CT molecular complexity index is 904. The highest BCUT2D eigenvalue weighted by atomic mass is 19.1. The molecule has 7 heteroatoms. The smallest absolute Gasteiger partial charge is 0.347 e. The van der Waals surface area contributed by atoms with Crippen LogP contribution in [0.4, 0.5) is 13.6 Å². The number of benzene rings is 2. The molecule has 1 aliphatic heterocycles. The van der Waals surface area contributed by atoms with E-state index in [4.69, 9.17) is 11.5 Å². The van der Waals surface area contributed by atoms with Gasteiger partial charge in [-0.05, 0) is 23.3 Å². The minimum Gasteiger partial charge on any atom is -0.370 e. The third kappa shape index (κ3) is 3.12. The molecule has 5 nitrogen and oxygen atoms in total. The average molecular weight is 358 g/mol. The van der Waals surface area contributed by atoms with Crippen LogP contribution in [-0.4, -0.2) is 23.4 Å². The number of nitrogens with two attached hydrogens (primary N) is 2. The van der Waals surface area contributed by atoms with Gasteiger partial charge in [0.2, 0.25) is 0 Å². The van der Waals surface area contributed by atoms with Crippen molar-refractivity contribution >= 4 is 12.0 Å². The van der Waals surface area contributed by atoms with E-state index >= 15 is 0 Å². The highest BCUT2D eigenvalue weighted by Gasteiger charge is 2.37. The fourth-order valence-electron chi connectivity index (χ4n) is 3.57. The van der Waals surface area contributed by atoms with Crippen LogP contribution in [0.1, 0.15) is 25.0 Å². The molecule has 0 spiro atoms. The summed E-state index contributed by atoms with van der Waals surface area (Å²) >= 11 is 0. The second-order valence-electron chi connectivity index (χ2n) is 6.99. The number of carbonyl (C=O) groups excluding carboxylic acids is 1. The van der Waals surface area contributed by atoms with Crippen molar-refractivity contribution in [2.75, 3.05) is 6.54 Å². The first-order valence-electron chi connectivity index (χ1n) is 8.16. The van der Waals surface area contributed by atoms with Crippen LogP contribution in [0.2, 0.25) is 0 Å². The highest BCUT2D eigenvalue weighted by Crippen LogP contribution is 2.40. The molecule has 0 fully saturated rings. The van der Waals surface area contributed by atoms with Gasteiger partial charge in [0.25, 0.3) is 0 Å². The van der Waals surface area contributed by atoms with Crippen LogP contribution in [-0.2, 0) is 12.0 Å². The van der Waals surface area contributed by atoms with Crippen LogP contribution < -0.4 is 11.5 Å². The quantitative estimate of drug-likeness (QED) is 0.607. The molecule has 0 aromatic heterocycles. The van der Waals surface area contributed by atoms with Gasteiger partial charge in [-0.3, -0.25) is 0 Å². The van der Waals surface area contributed by atoms with Crippen LogP contribution in [0.3, 0.4) is 0 Å². The Morgan fingerprint density at radius 3 is 2.42 bits per heavy atom. The van der Waals surface area contributed by atoms with Gasteiger partial charge in [0, 0.05) is 29.6 Å². The molecule has 0 atom stereocenters. The monoisotopic (exact) mass is 358 g/mol. The summed E-state index contributed by atoms with van der Waals surface area (Å²) in [4.78, 5) is 17.3. The van der Waals surface area contributed by atoms with Crippen molar-refractivity contribution in [3.05, 3.63) is 59.2 Å². The summed E-state index contributed by atoms with van der Waals surface area (Å²) in [5.41, 5.74) is 11.9. The Labute approximate surface area is 150 Å². The molecule has 0 saturated heterocycles. The van der Waals surface area contributed by atoms with Crippen molar-refractivity contribution in [2.45, 2.75) is 25.8 Å². The average Bonchev–Trinajstić information content (AvgIpc) is 2.54. The molecule has 1 aliphatic rings. The molecule has 1 heterocycles. The van der Waals surface area contributed by atoms with Gasteiger partial charge in [0.15, 0.2) is 5.96 Å². The van der Waals surface area contributed by atoms with E-state index in [1.165, 1.54) is 23.1 Å². The van der Waals surface area contributed by atoms with Gasteiger partial charge in [-0.25, -0.2) is 13.6 Å². The second kappa shape index (κ2) is 6.40. The number of carbonyl (C=O) groups is 1. The predicted molar refractivity (Wildman–Crippen MR) is 96.4 cm³/mol. The Hall–Kier alpha value is -2.96. The molecule has 0 saturated carbocycles. The van der Waals surface area contributed by atoms with Gasteiger partial charge in [0.1, 0.15) is 11.6 Å². The first-order valence-corrected chi connectivity index (χ1v) is 8.16. The molecule has 3 rings (SSSR count). The number of hydrogen-bond donors (Lipinski definition) is 2. The summed E-state index contributed by atoms with van der Waals surface area (Å²) in [5.74, 6) is -1.13. The molecule has 0 radical (unpaired) electrons. The van der Waals surface area contributed by atoms with Crippen molar-refractivity contribution in [1.29, 1.82) is 0 Å². The predicted octanol–water partition coefficient (Wildman–Crippen LogP) is 3.12. The Morgan fingerprint density at radius 1 is 1.08 bits per heavy atom. The maximum Gasteiger partial charge on any atom is 0.347 e. The first-order chi connectivity index (χ1) is 12.2. The minimum absolute atomic E-state index is 0.0931. The van der Waals surface area contributed by atoms with Gasteiger partial charge in [-0.15, -0.1) is 0 Å². The number of amides is 2. The van der Waals surface area contributed by atoms with E-state index in [1.807, 2.05) is 13.8 Å². The Balaban J connectivity index is 2.19. The molecule has 4 N–H and O–H groups in total. The summed E-state index contributed by atoms with van der Waals surface area (Å²) in [5, 5.41) is 0. The number of aliphatic imine (C=N–C) groups is 1. The molecule has 0 aliphatic carbocycles. The number of fused-ring (bicyclic) bond motifs is 1. The van der Waals surface area contributed by atoms with Gasteiger partial charge >= 0.3 is 6.03 Å². The van der Waals surface area contributed by atoms with Gasteiger partial charge < -0.3 is 16.4 Å². The van der Waals surface area contributed by atoms with Gasteiger partial charge in [-0.1, -0.05) is 38.1 Å². The molecule has 26 heavy (non-hydrogen) atoms. The lowest BCUT2D eigenvalue weighted by molar-refractivity contribution is 0.181. The Morgan fingerprint density at radius 2 is 1.77 bits per heavy atom. The van der Waals surface area contributed by atoms with E-state index in [0.29, 0.717) is 22.3 Å². The summed E-state index contributed by atoms with van der Waals surface area (Å²) in [6.45, 7) is 3.99. The first kappa shape index (κ1) is 17.8. The largest absolute Gasteiger partial charge is 0.370 e. The van der Waals surface area contributed by atoms with Crippen molar-refractivity contribution in [3.63, 3.8) is 0 Å². The lowest BCUT2D eigenvalue weighted by Gasteiger charge is -2.40. The van der Waals surface area contributed by atoms with Crippen molar-refractivity contribution in [3.8, 4) is 11.1 Å². The molecule has 2 aromatic rings. The molecule has 2 amide bonds. The summed E-state index contributed by atoms with van der Waals surface area (Å²) in [6, 6.07) is 8.56. The van der Waals surface area contributed by atoms with E-state index in [-0.39, 0.29) is 24.9 Å². The fraction of sp³-hybridized carbons (Fsp3) is 0.263. The van der Waals surface area contributed by atoms with Crippen LogP contribution in [0.25, 0.3) is 11.1 Å². The SMILES string of the molecule is CC1(C)CN(C(=O)N=C(N)N)Cc2c(-c3ccccc3F)ccc(F)c21. The molecule has 0 bridgehead atoms. The summed E-state index contributed by atoms with van der Waals surface area (Å²) in [6.07, 6.45) is 0. The van der Waals surface area contributed by atoms with E-state index in [2.05, 4.69) is 4.99 Å². The molecule has 2 aromatic carbocycles. The zero-order valence-corrected chi connectivity index (χ0v) is 14.6. The number of hydrogen-bond acceptors (Lipinski definition) is 1. The number of urea groups is 1. The minimum atomic E-state index is -0.687. The third-order valence-corrected chi connectivity index (χ3v) is 4.53. The number of guanidine groups is 1. The summed E-state index contributed by atoms with van der Waals surface area (Å²) < 4.78 is 29.0. The van der Waals surface area contributed by atoms with E-state index in [1.54, 1.807) is 18.2 Å². The molecule has 136 valence electrons. The van der Waals surface area contributed by atoms with E-state index < -0.39 is 17.3 Å². The van der Waals surface area contributed by atoms with Crippen molar-refractivity contribution in [2.24, 2.45) is 16.5 Å². The van der Waals surface area contributed by atoms with Crippen LogP contribution in [0.15, 0.2) is 41.4 Å². The van der Waals surface area contributed by atoms with Crippen molar-refractivity contribution in [1.82, 2.24) is 4.90 Å². The number of halogens is 2. The summed E-state index contributed by atoms with van der Waals surface area (Å²) in [7, 11) is 0. The van der Waals surface area contributed by atoms with Gasteiger partial charge in [-0.2, -0.15) is 4.99 Å². The topological polar surface area (TPSA) is 84.7 Å². The van der Waals surface area contributed by atoms with E-state index in [9.17, 15) is 13.6 Å². The normalized spacial score (nSPS) is 15.3. The third-order valence-electron chi connectivity index (χ3n) is 4.53.